The minimum absolute atomic E-state index is 0.231. The van der Waals surface area contributed by atoms with Crippen molar-refractivity contribution in [1.29, 1.82) is 0 Å². The molecule has 3 rings (SSSR count). The number of carbonyl (C=O) groups is 2. The fourth-order valence-electron chi connectivity index (χ4n) is 3.70. The Kier molecular flexibility index (Phi) is 2.53. The Morgan fingerprint density at radius 3 is 2.00 bits per heavy atom. The Hall–Kier alpha value is -1.70. The topological polar surface area (TPSA) is 34.1 Å². The molecule has 19 heavy (non-hydrogen) atoms. The SMILES string of the molecule is CCC1=c2c(C)c3c(c(C)c2CC1=O)=C(C)C(=O)C3. The maximum Gasteiger partial charge on any atom is 0.163 e. The molecule has 0 saturated carbocycles. The molecule has 0 heterocycles. The van der Waals surface area contributed by atoms with Crippen molar-refractivity contribution in [3.63, 3.8) is 0 Å². The number of Topliss-reactive ketones (excluding diaryl/α,β-unsaturated/α-hetero) is 2. The highest BCUT2D eigenvalue weighted by Crippen LogP contribution is 2.22. The van der Waals surface area contributed by atoms with E-state index in [1.165, 1.54) is 0 Å². The summed E-state index contributed by atoms with van der Waals surface area (Å²) in [4.78, 5) is 24.1. The van der Waals surface area contributed by atoms with Gasteiger partial charge in [-0.3, -0.25) is 9.59 Å². The number of hydrogen-bond donors (Lipinski definition) is 0. The van der Waals surface area contributed by atoms with Crippen molar-refractivity contribution in [3.05, 3.63) is 32.7 Å². The molecule has 2 nitrogen and oxygen atoms in total. The molecule has 0 atom stereocenters. The van der Waals surface area contributed by atoms with Gasteiger partial charge < -0.3 is 0 Å². The minimum Gasteiger partial charge on any atom is -0.294 e. The number of benzene rings is 1. The molecule has 0 spiro atoms. The van der Waals surface area contributed by atoms with E-state index in [2.05, 4.69) is 13.8 Å². The van der Waals surface area contributed by atoms with Crippen LogP contribution in [0.4, 0.5) is 0 Å². The lowest BCUT2D eigenvalue weighted by molar-refractivity contribution is -0.113. The Bertz CT molecular complexity index is 764. The summed E-state index contributed by atoms with van der Waals surface area (Å²) in [6.45, 7) is 8.07. The first-order valence-electron chi connectivity index (χ1n) is 6.88. The van der Waals surface area contributed by atoms with Crippen LogP contribution >= 0.6 is 0 Å². The van der Waals surface area contributed by atoms with Crippen molar-refractivity contribution in [1.82, 2.24) is 0 Å². The van der Waals surface area contributed by atoms with Gasteiger partial charge in [-0.15, -0.1) is 0 Å². The average Bonchev–Trinajstić information content (AvgIpc) is 2.86. The van der Waals surface area contributed by atoms with Crippen LogP contribution in [0, 0.1) is 13.8 Å². The average molecular weight is 254 g/mol. The first-order valence-corrected chi connectivity index (χ1v) is 6.88. The van der Waals surface area contributed by atoms with E-state index in [-0.39, 0.29) is 11.6 Å². The van der Waals surface area contributed by atoms with E-state index in [1.807, 2.05) is 13.8 Å². The molecule has 2 heteroatoms. The van der Waals surface area contributed by atoms with Gasteiger partial charge in [-0.05, 0) is 59.9 Å². The maximum absolute atomic E-state index is 12.1. The molecule has 0 saturated heterocycles. The van der Waals surface area contributed by atoms with Crippen LogP contribution in [-0.4, -0.2) is 11.6 Å². The van der Waals surface area contributed by atoms with Gasteiger partial charge >= 0.3 is 0 Å². The molecule has 98 valence electrons. The Morgan fingerprint density at radius 2 is 1.37 bits per heavy atom. The number of rotatable bonds is 1. The minimum atomic E-state index is 0.231. The summed E-state index contributed by atoms with van der Waals surface area (Å²) in [5.41, 5.74) is 6.44. The van der Waals surface area contributed by atoms with Crippen molar-refractivity contribution >= 4 is 22.7 Å². The summed E-state index contributed by atoms with van der Waals surface area (Å²) in [6.07, 6.45) is 1.80. The maximum atomic E-state index is 12.1. The van der Waals surface area contributed by atoms with Gasteiger partial charge in [0.2, 0.25) is 0 Å². The van der Waals surface area contributed by atoms with Crippen LogP contribution < -0.4 is 10.4 Å². The van der Waals surface area contributed by atoms with E-state index in [9.17, 15) is 9.59 Å². The predicted molar refractivity (Wildman–Crippen MR) is 75.4 cm³/mol. The molecule has 1 aromatic carbocycles. The van der Waals surface area contributed by atoms with E-state index in [1.54, 1.807) is 0 Å². The molecule has 0 aromatic heterocycles. The summed E-state index contributed by atoms with van der Waals surface area (Å²) in [7, 11) is 0. The quantitative estimate of drug-likeness (QED) is 0.756. The van der Waals surface area contributed by atoms with Crippen LogP contribution in [0.15, 0.2) is 0 Å². The highest BCUT2D eigenvalue weighted by molar-refractivity contribution is 6.20. The second-order valence-electron chi connectivity index (χ2n) is 5.61. The van der Waals surface area contributed by atoms with Gasteiger partial charge in [0.25, 0.3) is 0 Å². The standard InChI is InChI=1S/C17H18O2/c1-5-11-15(19)7-13-8(2)16-10(4)14(18)6-12(16)9(3)17(11)13/h5-7H2,1-4H3. The first-order chi connectivity index (χ1) is 8.97. The molecule has 1 aromatic rings. The molecule has 0 radical (unpaired) electrons. The highest BCUT2D eigenvalue weighted by atomic mass is 16.1. The molecule has 2 aliphatic carbocycles. The molecule has 0 fully saturated rings. The number of ketones is 2. The highest BCUT2D eigenvalue weighted by Gasteiger charge is 2.28. The van der Waals surface area contributed by atoms with E-state index in [4.69, 9.17) is 0 Å². The second-order valence-corrected chi connectivity index (χ2v) is 5.61. The van der Waals surface area contributed by atoms with Crippen molar-refractivity contribution in [2.45, 2.75) is 47.0 Å². The fourth-order valence-corrected chi connectivity index (χ4v) is 3.70. The summed E-state index contributed by atoms with van der Waals surface area (Å²) < 4.78 is 0. The zero-order valence-electron chi connectivity index (χ0n) is 11.9. The van der Waals surface area contributed by atoms with Crippen molar-refractivity contribution in [3.8, 4) is 0 Å². The fraction of sp³-hybridized carbons (Fsp3) is 0.412. The van der Waals surface area contributed by atoms with Crippen LogP contribution in [0.2, 0.25) is 0 Å². The van der Waals surface area contributed by atoms with Gasteiger partial charge in [0.05, 0.1) is 0 Å². The molecule has 0 N–H and O–H groups in total. The van der Waals surface area contributed by atoms with Crippen LogP contribution in [0.1, 0.15) is 42.5 Å². The molecule has 0 amide bonds. The van der Waals surface area contributed by atoms with Gasteiger partial charge in [-0.25, -0.2) is 0 Å². The van der Waals surface area contributed by atoms with Crippen LogP contribution in [0.5, 0.6) is 0 Å². The Morgan fingerprint density at radius 1 is 0.842 bits per heavy atom. The number of fused-ring (bicyclic) bond motifs is 2. The number of carbonyl (C=O) groups excluding carboxylic acids is 2. The van der Waals surface area contributed by atoms with Gasteiger partial charge in [-0.1, -0.05) is 6.92 Å². The van der Waals surface area contributed by atoms with Crippen molar-refractivity contribution in [2.24, 2.45) is 0 Å². The summed E-state index contributed by atoms with van der Waals surface area (Å²) in [5, 5.41) is 2.26. The molecule has 2 aliphatic rings. The van der Waals surface area contributed by atoms with E-state index in [0.29, 0.717) is 12.8 Å². The molecular weight excluding hydrogens is 236 g/mol. The van der Waals surface area contributed by atoms with E-state index in [0.717, 1.165) is 50.3 Å². The van der Waals surface area contributed by atoms with E-state index >= 15 is 0 Å². The largest absolute Gasteiger partial charge is 0.294 e. The molecular formula is C17H18O2. The summed E-state index contributed by atoms with van der Waals surface area (Å²) in [5.74, 6) is 0.491. The summed E-state index contributed by atoms with van der Waals surface area (Å²) >= 11 is 0. The zero-order chi connectivity index (χ0) is 13.9. The third-order valence-electron chi connectivity index (χ3n) is 4.72. The Labute approximate surface area is 112 Å². The normalized spacial score (nSPS) is 17.3. The third-order valence-corrected chi connectivity index (χ3v) is 4.72. The van der Waals surface area contributed by atoms with Crippen LogP contribution in [0.3, 0.4) is 0 Å². The monoisotopic (exact) mass is 254 g/mol. The third kappa shape index (κ3) is 1.43. The van der Waals surface area contributed by atoms with Crippen LogP contribution in [-0.2, 0) is 22.4 Å². The van der Waals surface area contributed by atoms with E-state index < -0.39 is 0 Å². The van der Waals surface area contributed by atoms with Gasteiger partial charge in [0, 0.05) is 24.0 Å². The molecule has 0 unspecified atom stereocenters. The lowest BCUT2D eigenvalue weighted by atomic mass is 9.94. The second kappa shape index (κ2) is 3.89. The predicted octanol–water partition coefficient (Wildman–Crippen LogP) is 1.29. The van der Waals surface area contributed by atoms with Crippen LogP contribution in [0.25, 0.3) is 11.1 Å². The van der Waals surface area contributed by atoms with Gasteiger partial charge in [-0.2, -0.15) is 0 Å². The number of hydrogen-bond acceptors (Lipinski definition) is 2. The van der Waals surface area contributed by atoms with Crippen molar-refractivity contribution < 1.29 is 9.59 Å². The lowest BCUT2D eigenvalue weighted by Gasteiger charge is -2.09. The smallest absolute Gasteiger partial charge is 0.163 e. The van der Waals surface area contributed by atoms with Crippen molar-refractivity contribution in [2.75, 3.05) is 0 Å². The molecule has 0 aliphatic heterocycles. The summed E-state index contributed by atoms with van der Waals surface area (Å²) in [6, 6.07) is 0. The molecule has 0 bridgehead atoms. The zero-order valence-corrected chi connectivity index (χ0v) is 11.9. The Balaban J connectivity index is 2.55. The first kappa shape index (κ1) is 12.3. The lowest BCUT2D eigenvalue weighted by Crippen LogP contribution is -2.25. The van der Waals surface area contributed by atoms with Gasteiger partial charge in [0.15, 0.2) is 11.6 Å². The van der Waals surface area contributed by atoms with Gasteiger partial charge in [0.1, 0.15) is 0 Å².